The number of hydrogen-bond donors (Lipinski definition) is 1. The van der Waals surface area contributed by atoms with E-state index in [1.807, 2.05) is 24.3 Å². The molecule has 0 saturated carbocycles. The molecule has 112 valence electrons. The van der Waals surface area contributed by atoms with Crippen molar-refractivity contribution < 1.29 is 8.42 Å². The first-order valence-corrected chi connectivity index (χ1v) is 9.51. The van der Waals surface area contributed by atoms with E-state index in [0.717, 1.165) is 10.0 Å². The van der Waals surface area contributed by atoms with Crippen molar-refractivity contribution in [3.63, 3.8) is 0 Å². The number of hydrogen-bond acceptors (Lipinski definition) is 2. The van der Waals surface area contributed by atoms with E-state index in [1.165, 1.54) is 12.1 Å². The van der Waals surface area contributed by atoms with Gasteiger partial charge in [-0.2, -0.15) is 0 Å². The molecule has 0 aliphatic heterocycles. The highest BCUT2D eigenvalue weighted by Crippen LogP contribution is 2.32. The molecule has 2 rings (SSSR count). The standard InChI is InChI=1S/C13H9Br2Cl2NO2S/c14-9-3-1-2-8(4-9)7-18-21(19,20)13-11(16)5-10(15)6-12(13)17/h1-6,18H,7H2. The Morgan fingerprint density at radius 1 is 1.00 bits per heavy atom. The number of halogens is 4. The first kappa shape index (κ1) is 17.2. The lowest BCUT2D eigenvalue weighted by atomic mass is 10.2. The molecule has 0 atom stereocenters. The maximum Gasteiger partial charge on any atom is 0.243 e. The second-order valence-electron chi connectivity index (χ2n) is 4.15. The van der Waals surface area contributed by atoms with Gasteiger partial charge in [0.2, 0.25) is 10.0 Å². The number of rotatable bonds is 4. The minimum absolute atomic E-state index is 0.0658. The van der Waals surface area contributed by atoms with Crippen molar-refractivity contribution in [2.75, 3.05) is 0 Å². The van der Waals surface area contributed by atoms with Gasteiger partial charge in [0, 0.05) is 15.5 Å². The molecule has 8 heteroatoms. The molecule has 0 saturated heterocycles. The number of benzene rings is 2. The van der Waals surface area contributed by atoms with Gasteiger partial charge in [0.15, 0.2) is 0 Å². The molecule has 0 unspecified atom stereocenters. The molecule has 0 amide bonds. The topological polar surface area (TPSA) is 46.2 Å². The van der Waals surface area contributed by atoms with E-state index in [0.29, 0.717) is 4.47 Å². The third-order valence-corrected chi connectivity index (χ3v) is 5.86. The summed E-state index contributed by atoms with van der Waals surface area (Å²) in [5.41, 5.74) is 0.817. The minimum atomic E-state index is -3.80. The average Bonchev–Trinajstić information content (AvgIpc) is 2.35. The fraction of sp³-hybridized carbons (Fsp3) is 0.0769. The van der Waals surface area contributed by atoms with Crippen LogP contribution in [-0.4, -0.2) is 8.42 Å². The lowest BCUT2D eigenvalue weighted by Gasteiger charge is -2.11. The van der Waals surface area contributed by atoms with Gasteiger partial charge in [-0.05, 0) is 29.8 Å². The molecular weight excluding hydrogens is 465 g/mol. The lowest BCUT2D eigenvalue weighted by Crippen LogP contribution is -2.24. The molecule has 0 aliphatic carbocycles. The predicted octanol–water partition coefficient (Wildman–Crippen LogP) is 5.00. The van der Waals surface area contributed by atoms with E-state index < -0.39 is 10.0 Å². The zero-order valence-corrected chi connectivity index (χ0v) is 15.9. The SMILES string of the molecule is O=S(=O)(NCc1cccc(Br)c1)c1c(Cl)cc(Br)cc1Cl. The average molecular weight is 474 g/mol. The molecule has 3 nitrogen and oxygen atoms in total. The quantitative estimate of drug-likeness (QED) is 0.679. The summed E-state index contributed by atoms with van der Waals surface area (Å²) < 4.78 is 28.6. The second kappa shape index (κ2) is 6.98. The van der Waals surface area contributed by atoms with Gasteiger partial charge in [-0.3, -0.25) is 0 Å². The van der Waals surface area contributed by atoms with Crippen LogP contribution in [0.25, 0.3) is 0 Å². The van der Waals surface area contributed by atoms with Crippen LogP contribution in [-0.2, 0) is 16.6 Å². The molecule has 2 aromatic rings. The van der Waals surface area contributed by atoms with Crippen LogP contribution in [0.4, 0.5) is 0 Å². The van der Waals surface area contributed by atoms with Crippen LogP contribution in [0.15, 0.2) is 50.2 Å². The van der Waals surface area contributed by atoms with Gasteiger partial charge in [0.05, 0.1) is 10.0 Å². The fourth-order valence-electron chi connectivity index (χ4n) is 1.68. The summed E-state index contributed by atoms with van der Waals surface area (Å²) in [6.45, 7) is 0.143. The summed E-state index contributed by atoms with van der Waals surface area (Å²) in [4.78, 5) is -0.121. The van der Waals surface area contributed by atoms with Crippen molar-refractivity contribution in [2.45, 2.75) is 11.4 Å². The Labute approximate surface area is 150 Å². The summed E-state index contributed by atoms with van der Waals surface area (Å²) in [7, 11) is -3.80. The minimum Gasteiger partial charge on any atom is -0.207 e. The number of nitrogens with one attached hydrogen (secondary N) is 1. The molecule has 0 radical (unpaired) electrons. The molecule has 1 N–H and O–H groups in total. The van der Waals surface area contributed by atoms with Crippen molar-refractivity contribution in [2.24, 2.45) is 0 Å². The Morgan fingerprint density at radius 3 is 2.19 bits per heavy atom. The smallest absolute Gasteiger partial charge is 0.207 e. The Kier molecular flexibility index (Phi) is 5.73. The highest BCUT2D eigenvalue weighted by Gasteiger charge is 2.22. The van der Waals surface area contributed by atoms with Crippen molar-refractivity contribution in [1.82, 2.24) is 4.72 Å². The van der Waals surface area contributed by atoms with Crippen molar-refractivity contribution in [3.8, 4) is 0 Å². The monoisotopic (exact) mass is 471 g/mol. The third kappa shape index (κ3) is 4.43. The maximum absolute atomic E-state index is 12.3. The number of sulfonamides is 1. The fourth-order valence-corrected chi connectivity index (χ4v) is 5.08. The summed E-state index contributed by atoms with van der Waals surface area (Å²) >= 11 is 18.5. The van der Waals surface area contributed by atoms with Gasteiger partial charge in [-0.15, -0.1) is 0 Å². The predicted molar refractivity (Wildman–Crippen MR) is 92.3 cm³/mol. The highest BCUT2D eigenvalue weighted by atomic mass is 79.9. The van der Waals surface area contributed by atoms with Crippen molar-refractivity contribution in [1.29, 1.82) is 0 Å². The van der Waals surface area contributed by atoms with E-state index in [4.69, 9.17) is 23.2 Å². The van der Waals surface area contributed by atoms with Crippen LogP contribution < -0.4 is 4.72 Å². The van der Waals surface area contributed by atoms with Gasteiger partial charge in [0.25, 0.3) is 0 Å². The summed E-state index contributed by atoms with van der Waals surface area (Å²) in [6.07, 6.45) is 0. The van der Waals surface area contributed by atoms with Gasteiger partial charge < -0.3 is 0 Å². The largest absolute Gasteiger partial charge is 0.243 e. The molecular formula is C13H9Br2Cl2NO2S. The van der Waals surface area contributed by atoms with E-state index in [2.05, 4.69) is 36.6 Å². The Balaban J connectivity index is 2.27. The molecule has 0 aromatic heterocycles. The Morgan fingerprint density at radius 2 is 1.62 bits per heavy atom. The van der Waals surface area contributed by atoms with Crippen LogP contribution in [0, 0.1) is 0 Å². The van der Waals surface area contributed by atoms with E-state index in [1.54, 1.807) is 0 Å². The molecule has 0 heterocycles. The maximum atomic E-state index is 12.3. The molecule has 0 fully saturated rings. The Hall–Kier alpha value is -0.110. The first-order valence-electron chi connectivity index (χ1n) is 5.68. The lowest BCUT2D eigenvalue weighted by molar-refractivity contribution is 0.581. The van der Waals surface area contributed by atoms with Crippen LogP contribution in [0.5, 0.6) is 0 Å². The molecule has 0 bridgehead atoms. The van der Waals surface area contributed by atoms with Crippen LogP contribution in [0.2, 0.25) is 10.0 Å². The van der Waals surface area contributed by atoms with E-state index >= 15 is 0 Å². The normalized spacial score (nSPS) is 11.6. The molecule has 21 heavy (non-hydrogen) atoms. The zero-order valence-electron chi connectivity index (χ0n) is 10.4. The molecule has 2 aromatic carbocycles. The van der Waals surface area contributed by atoms with Crippen LogP contribution in [0.1, 0.15) is 5.56 Å². The first-order chi connectivity index (χ1) is 9.79. The van der Waals surface area contributed by atoms with Crippen LogP contribution >= 0.6 is 55.1 Å². The van der Waals surface area contributed by atoms with Gasteiger partial charge in [-0.25, -0.2) is 13.1 Å². The van der Waals surface area contributed by atoms with Gasteiger partial charge in [0.1, 0.15) is 4.90 Å². The third-order valence-electron chi connectivity index (χ3n) is 2.59. The zero-order chi connectivity index (χ0) is 15.6. The van der Waals surface area contributed by atoms with Crippen molar-refractivity contribution in [3.05, 3.63) is 61.0 Å². The van der Waals surface area contributed by atoms with Gasteiger partial charge in [-0.1, -0.05) is 67.2 Å². The van der Waals surface area contributed by atoms with Crippen LogP contribution in [0.3, 0.4) is 0 Å². The highest BCUT2D eigenvalue weighted by molar-refractivity contribution is 9.10. The van der Waals surface area contributed by atoms with E-state index in [-0.39, 0.29) is 21.5 Å². The summed E-state index contributed by atoms with van der Waals surface area (Å²) in [5.74, 6) is 0. The van der Waals surface area contributed by atoms with Gasteiger partial charge >= 0.3 is 0 Å². The molecule has 0 spiro atoms. The van der Waals surface area contributed by atoms with Crippen molar-refractivity contribution >= 4 is 65.1 Å². The van der Waals surface area contributed by atoms with E-state index in [9.17, 15) is 8.42 Å². The summed E-state index contributed by atoms with van der Waals surface area (Å²) in [5, 5.41) is 0.132. The Bertz CT molecular complexity index is 758. The summed E-state index contributed by atoms with van der Waals surface area (Å²) in [6, 6.07) is 10.3. The molecule has 0 aliphatic rings. The second-order valence-corrected chi connectivity index (χ2v) is 8.50.